The number of hydrogen-bond acceptors (Lipinski definition) is 3. The molecule has 7 heteroatoms. The first-order chi connectivity index (χ1) is 5.11. The molecule has 0 bridgehead atoms. The van der Waals surface area contributed by atoms with Crippen LogP contribution in [0.25, 0.3) is 0 Å². The Kier molecular flexibility index (Phi) is 1.79. The molecule has 0 atom stereocenters. The van der Waals surface area contributed by atoms with Gasteiger partial charge in [-0.25, -0.2) is 18.7 Å². The summed E-state index contributed by atoms with van der Waals surface area (Å²) < 4.78 is 23.5. The van der Waals surface area contributed by atoms with Gasteiger partial charge >= 0.3 is 5.69 Å². The van der Waals surface area contributed by atoms with Crippen molar-refractivity contribution >= 4 is 0 Å². The van der Waals surface area contributed by atoms with Crippen LogP contribution in [0.1, 0.15) is 12.1 Å². The van der Waals surface area contributed by atoms with Gasteiger partial charge in [-0.2, -0.15) is 5.10 Å². The Morgan fingerprint density at radius 1 is 1.36 bits per heavy atom. The molecule has 2 N–H and O–H groups in total. The van der Waals surface area contributed by atoms with Crippen molar-refractivity contribution in [2.24, 2.45) is 0 Å². The average molecular weight is 163 g/mol. The minimum absolute atomic E-state index is 0.903. The van der Waals surface area contributed by atoms with Crippen LogP contribution in [-0.4, -0.2) is 15.2 Å². The zero-order valence-electron chi connectivity index (χ0n) is 5.10. The summed E-state index contributed by atoms with van der Waals surface area (Å²) in [5.74, 6) is 0. The molecule has 60 valence electrons. The third kappa shape index (κ3) is 1.48. The highest BCUT2D eigenvalue weighted by atomic mass is 19.3. The highest BCUT2D eigenvalue weighted by Gasteiger charge is 2.13. The SMILES string of the molecule is O=c1[nH]nc(C(F)F)c(=O)[nH]1. The molecule has 0 saturated carbocycles. The highest BCUT2D eigenvalue weighted by Crippen LogP contribution is 2.08. The molecular formula is C4H3F2N3O2. The number of H-pyrrole nitrogens is 2. The second-order valence-electron chi connectivity index (χ2n) is 1.69. The predicted octanol–water partition coefficient (Wildman–Crippen LogP) is -0.604. The topological polar surface area (TPSA) is 78.6 Å². The molecule has 5 nitrogen and oxygen atoms in total. The van der Waals surface area contributed by atoms with Crippen LogP contribution in [0.15, 0.2) is 9.59 Å². The molecule has 0 aliphatic rings. The van der Waals surface area contributed by atoms with Crippen LogP contribution in [-0.2, 0) is 0 Å². The van der Waals surface area contributed by atoms with E-state index in [1.54, 1.807) is 10.1 Å². The molecule has 0 saturated heterocycles. The Hall–Kier alpha value is -1.53. The molecule has 0 aliphatic carbocycles. The van der Waals surface area contributed by atoms with Crippen LogP contribution in [0.4, 0.5) is 8.78 Å². The monoisotopic (exact) mass is 163 g/mol. The Morgan fingerprint density at radius 3 is 2.45 bits per heavy atom. The zero-order chi connectivity index (χ0) is 8.43. The number of aromatic nitrogens is 3. The Labute approximate surface area is 58.1 Å². The van der Waals surface area contributed by atoms with Crippen molar-refractivity contribution in [2.75, 3.05) is 0 Å². The van der Waals surface area contributed by atoms with Crippen molar-refractivity contribution in [1.82, 2.24) is 15.2 Å². The summed E-state index contributed by atoms with van der Waals surface area (Å²) in [6.45, 7) is 0. The van der Waals surface area contributed by atoms with E-state index >= 15 is 0 Å². The molecule has 1 rings (SSSR count). The van der Waals surface area contributed by atoms with Crippen LogP contribution in [0.5, 0.6) is 0 Å². The average Bonchev–Trinajstić information content (AvgIpc) is 1.85. The minimum atomic E-state index is -2.98. The summed E-state index contributed by atoms with van der Waals surface area (Å²) in [4.78, 5) is 22.3. The molecule has 0 fully saturated rings. The fourth-order valence-corrected chi connectivity index (χ4v) is 0.505. The summed E-state index contributed by atoms with van der Waals surface area (Å²) in [6, 6.07) is 0. The summed E-state index contributed by atoms with van der Waals surface area (Å²) in [6.07, 6.45) is -2.98. The number of nitrogens with zero attached hydrogens (tertiary/aromatic N) is 1. The summed E-state index contributed by atoms with van der Waals surface area (Å²) in [5.41, 5.74) is -3.05. The molecular weight excluding hydrogens is 160 g/mol. The number of aromatic amines is 2. The maximum Gasteiger partial charge on any atom is 0.342 e. The van der Waals surface area contributed by atoms with Gasteiger partial charge in [0.15, 0.2) is 5.69 Å². The quantitative estimate of drug-likeness (QED) is 0.579. The largest absolute Gasteiger partial charge is 0.342 e. The second-order valence-corrected chi connectivity index (χ2v) is 1.69. The Morgan fingerprint density at radius 2 is 2.00 bits per heavy atom. The van der Waals surface area contributed by atoms with E-state index in [1.165, 1.54) is 0 Å². The molecule has 1 heterocycles. The van der Waals surface area contributed by atoms with Crippen molar-refractivity contribution in [3.63, 3.8) is 0 Å². The number of rotatable bonds is 1. The van der Waals surface area contributed by atoms with Gasteiger partial charge in [-0.1, -0.05) is 0 Å². The predicted molar refractivity (Wildman–Crippen MR) is 30.4 cm³/mol. The van der Waals surface area contributed by atoms with Gasteiger partial charge in [0.05, 0.1) is 0 Å². The molecule has 11 heavy (non-hydrogen) atoms. The van der Waals surface area contributed by atoms with E-state index in [0.29, 0.717) is 0 Å². The molecule has 1 aromatic rings. The van der Waals surface area contributed by atoms with Crippen LogP contribution in [0.3, 0.4) is 0 Å². The highest BCUT2D eigenvalue weighted by molar-refractivity contribution is 4.92. The molecule has 0 spiro atoms. The van der Waals surface area contributed by atoms with Crippen molar-refractivity contribution in [3.8, 4) is 0 Å². The van der Waals surface area contributed by atoms with Gasteiger partial charge in [0.1, 0.15) is 0 Å². The molecule has 0 radical (unpaired) electrons. The third-order valence-electron chi connectivity index (χ3n) is 0.944. The normalized spacial score (nSPS) is 10.5. The van der Waals surface area contributed by atoms with Crippen LogP contribution in [0.2, 0.25) is 0 Å². The lowest BCUT2D eigenvalue weighted by Gasteiger charge is -1.92. The fourth-order valence-electron chi connectivity index (χ4n) is 0.505. The zero-order valence-corrected chi connectivity index (χ0v) is 5.10. The summed E-state index contributed by atoms with van der Waals surface area (Å²) >= 11 is 0. The van der Waals surface area contributed by atoms with E-state index in [1.807, 2.05) is 0 Å². The van der Waals surface area contributed by atoms with Gasteiger partial charge in [0.25, 0.3) is 12.0 Å². The van der Waals surface area contributed by atoms with Crippen LogP contribution >= 0.6 is 0 Å². The van der Waals surface area contributed by atoms with Gasteiger partial charge in [-0.05, 0) is 0 Å². The van der Waals surface area contributed by atoms with E-state index in [4.69, 9.17) is 0 Å². The van der Waals surface area contributed by atoms with Gasteiger partial charge in [0.2, 0.25) is 0 Å². The fraction of sp³-hybridized carbons (Fsp3) is 0.250. The third-order valence-corrected chi connectivity index (χ3v) is 0.944. The molecule has 1 aromatic heterocycles. The first-order valence-corrected chi connectivity index (χ1v) is 2.58. The summed E-state index contributed by atoms with van der Waals surface area (Å²) in [5, 5.41) is 4.53. The van der Waals surface area contributed by atoms with Gasteiger partial charge in [-0.3, -0.25) is 9.78 Å². The Balaban J connectivity index is 3.32. The standard InChI is InChI=1S/C4H3F2N3O2/c5-2(6)1-3(10)7-4(11)9-8-1/h2H,(H2,7,9,10,11). The lowest BCUT2D eigenvalue weighted by atomic mass is 10.5. The number of nitrogens with one attached hydrogen (secondary N) is 2. The van der Waals surface area contributed by atoms with Crippen LogP contribution < -0.4 is 11.2 Å². The number of hydrogen-bond donors (Lipinski definition) is 2. The first-order valence-electron chi connectivity index (χ1n) is 2.58. The lowest BCUT2D eigenvalue weighted by molar-refractivity contribution is 0.142. The van der Waals surface area contributed by atoms with Crippen molar-refractivity contribution in [2.45, 2.75) is 6.43 Å². The first kappa shape index (κ1) is 7.58. The molecule has 0 aliphatic heterocycles. The minimum Gasteiger partial charge on any atom is -0.271 e. The van der Waals surface area contributed by atoms with Gasteiger partial charge < -0.3 is 0 Å². The van der Waals surface area contributed by atoms with Crippen LogP contribution in [0, 0.1) is 0 Å². The Bertz CT molecular complexity index is 355. The van der Waals surface area contributed by atoms with E-state index < -0.39 is 23.4 Å². The van der Waals surface area contributed by atoms with Crippen molar-refractivity contribution in [1.29, 1.82) is 0 Å². The van der Waals surface area contributed by atoms with Crippen molar-refractivity contribution in [3.05, 3.63) is 26.5 Å². The number of halogens is 2. The maximum absolute atomic E-state index is 11.8. The molecule has 0 aromatic carbocycles. The maximum atomic E-state index is 11.8. The van der Waals surface area contributed by atoms with Gasteiger partial charge in [-0.15, -0.1) is 0 Å². The molecule has 0 amide bonds. The van der Waals surface area contributed by atoms with Crippen molar-refractivity contribution < 1.29 is 8.78 Å². The smallest absolute Gasteiger partial charge is 0.271 e. The number of alkyl halides is 2. The van der Waals surface area contributed by atoms with E-state index in [-0.39, 0.29) is 0 Å². The second kappa shape index (κ2) is 2.60. The molecule has 0 unspecified atom stereocenters. The van der Waals surface area contributed by atoms with Gasteiger partial charge in [0, 0.05) is 0 Å². The van der Waals surface area contributed by atoms with E-state index in [9.17, 15) is 18.4 Å². The van der Waals surface area contributed by atoms with E-state index in [2.05, 4.69) is 5.10 Å². The lowest BCUT2D eigenvalue weighted by Crippen LogP contribution is -2.27. The van der Waals surface area contributed by atoms with E-state index in [0.717, 1.165) is 0 Å². The summed E-state index contributed by atoms with van der Waals surface area (Å²) in [7, 11) is 0.